The second-order valence-electron chi connectivity index (χ2n) is 5.22. The molecule has 0 saturated carbocycles. The van der Waals surface area contributed by atoms with Crippen LogP contribution in [0.1, 0.15) is 26.3 Å². The van der Waals surface area contributed by atoms with Crippen LogP contribution >= 0.6 is 0 Å². The van der Waals surface area contributed by atoms with Crippen molar-refractivity contribution in [2.45, 2.75) is 26.3 Å². The van der Waals surface area contributed by atoms with Crippen molar-refractivity contribution in [2.75, 3.05) is 14.2 Å². The van der Waals surface area contributed by atoms with E-state index < -0.39 is 0 Å². The topological polar surface area (TPSA) is 47.6 Å². The van der Waals surface area contributed by atoms with Gasteiger partial charge in [0.1, 0.15) is 11.5 Å². The summed E-state index contributed by atoms with van der Waals surface area (Å²) in [6.45, 7) is 5.81. The summed E-state index contributed by atoms with van der Waals surface area (Å²) in [5, 5.41) is 2.86. The Kier molecular flexibility index (Phi) is 4.98. The first kappa shape index (κ1) is 15.1. The number of methoxy groups -OCH3 is 2. The molecule has 19 heavy (non-hydrogen) atoms. The van der Waals surface area contributed by atoms with E-state index in [1.165, 1.54) is 6.08 Å². The molecule has 0 saturated heterocycles. The molecular weight excluding hydrogens is 242 g/mol. The summed E-state index contributed by atoms with van der Waals surface area (Å²) in [7, 11) is 3.18. The Hall–Kier alpha value is -1.97. The lowest BCUT2D eigenvalue weighted by Gasteiger charge is -2.18. The summed E-state index contributed by atoms with van der Waals surface area (Å²) in [4.78, 5) is 11.7. The van der Waals surface area contributed by atoms with Gasteiger partial charge in [0.15, 0.2) is 0 Å². The van der Waals surface area contributed by atoms with E-state index in [0.717, 1.165) is 5.56 Å². The number of hydrogen-bond donors (Lipinski definition) is 1. The van der Waals surface area contributed by atoms with E-state index in [1.54, 1.807) is 26.4 Å². The summed E-state index contributed by atoms with van der Waals surface area (Å²) in [5.74, 6) is 1.25. The molecule has 0 aliphatic rings. The highest BCUT2D eigenvalue weighted by molar-refractivity contribution is 5.92. The number of carbonyl (C=O) groups is 1. The van der Waals surface area contributed by atoms with Gasteiger partial charge in [0.25, 0.3) is 0 Å². The minimum absolute atomic E-state index is 0.130. The fourth-order valence-corrected chi connectivity index (χ4v) is 1.51. The van der Waals surface area contributed by atoms with E-state index in [9.17, 15) is 4.79 Å². The van der Waals surface area contributed by atoms with Gasteiger partial charge in [0.05, 0.1) is 14.2 Å². The van der Waals surface area contributed by atoms with Gasteiger partial charge >= 0.3 is 0 Å². The van der Waals surface area contributed by atoms with Gasteiger partial charge in [-0.2, -0.15) is 0 Å². The molecule has 4 heteroatoms. The van der Waals surface area contributed by atoms with Crippen molar-refractivity contribution in [2.24, 2.45) is 0 Å². The second kappa shape index (κ2) is 6.27. The normalized spacial score (nSPS) is 11.4. The maximum absolute atomic E-state index is 11.7. The predicted molar refractivity (Wildman–Crippen MR) is 76.5 cm³/mol. The van der Waals surface area contributed by atoms with E-state index in [4.69, 9.17) is 9.47 Å². The molecule has 1 N–H and O–H groups in total. The Labute approximate surface area is 114 Å². The fourth-order valence-electron chi connectivity index (χ4n) is 1.51. The summed E-state index contributed by atoms with van der Waals surface area (Å²) in [5.41, 5.74) is 0.605. The van der Waals surface area contributed by atoms with Gasteiger partial charge in [-0.15, -0.1) is 0 Å². The monoisotopic (exact) mass is 263 g/mol. The van der Waals surface area contributed by atoms with Crippen LogP contribution in [-0.4, -0.2) is 25.7 Å². The molecule has 1 amide bonds. The minimum atomic E-state index is -0.243. The Balaban J connectivity index is 2.84. The molecule has 1 aromatic rings. The molecule has 0 aliphatic heterocycles. The molecule has 1 aromatic carbocycles. The van der Waals surface area contributed by atoms with Crippen LogP contribution in [-0.2, 0) is 4.79 Å². The van der Waals surface area contributed by atoms with Gasteiger partial charge in [-0.05, 0) is 44.5 Å². The molecule has 104 valence electrons. The van der Waals surface area contributed by atoms with Crippen LogP contribution in [0, 0.1) is 0 Å². The molecular formula is C15H21NO3. The molecule has 0 unspecified atom stereocenters. The van der Waals surface area contributed by atoms with Gasteiger partial charge < -0.3 is 14.8 Å². The summed E-state index contributed by atoms with van der Waals surface area (Å²) in [6, 6.07) is 5.46. The third-order valence-electron chi connectivity index (χ3n) is 2.30. The Morgan fingerprint density at radius 1 is 1.11 bits per heavy atom. The molecule has 1 rings (SSSR count). The number of amides is 1. The van der Waals surface area contributed by atoms with Crippen LogP contribution in [0.5, 0.6) is 11.5 Å². The van der Waals surface area contributed by atoms with Crippen LogP contribution in [0.15, 0.2) is 24.3 Å². The van der Waals surface area contributed by atoms with Crippen LogP contribution in [0.3, 0.4) is 0 Å². The highest BCUT2D eigenvalue weighted by Gasteiger charge is 2.11. The van der Waals surface area contributed by atoms with Crippen molar-refractivity contribution in [1.82, 2.24) is 5.32 Å². The average Bonchev–Trinajstić information content (AvgIpc) is 2.33. The van der Waals surface area contributed by atoms with Crippen molar-refractivity contribution < 1.29 is 14.3 Å². The first-order valence-corrected chi connectivity index (χ1v) is 6.07. The Morgan fingerprint density at radius 3 is 2.05 bits per heavy atom. The maximum atomic E-state index is 11.7. The molecule has 0 aliphatic carbocycles. The van der Waals surface area contributed by atoms with Crippen LogP contribution in [0.4, 0.5) is 0 Å². The van der Waals surface area contributed by atoms with Crippen molar-refractivity contribution in [3.05, 3.63) is 29.8 Å². The van der Waals surface area contributed by atoms with Gasteiger partial charge in [-0.25, -0.2) is 0 Å². The van der Waals surface area contributed by atoms with E-state index in [1.807, 2.05) is 32.9 Å². The lowest BCUT2D eigenvalue weighted by Crippen LogP contribution is -2.39. The number of ether oxygens (including phenoxy) is 2. The molecule has 0 fully saturated rings. The molecule has 0 aromatic heterocycles. The van der Waals surface area contributed by atoms with Crippen LogP contribution in [0.2, 0.25) is 0 Å². The minimum Gasteiger partial charge on any atom is -0.497 e. The largest absolute Gasteiger partial charge is 0.497 e. The Bertz CT molecular complexity index is 451. The predicted octanol–water partition coefficient (Wildman–Crippen LogP) is 2.63. The summed E-state index contributed by atoms with van der Waals surface area (Å²) < 4.78 is 10.3. The first-order valence-electron chi connectivity index (χ1n) is 6.07. The van der Waals surface area contributed by atoms with Crippen molar-refractivity contribution in [3.8, 4) is 11.5 Å². The average molecular weight is 263 g/mol. The highest BCUT2D eigenvalue weighted by Crippen LogP contribution is 2.23. The molecule has 0 radical (unpaired) electrons. The molecule has 0 heterocycles. The van der Waals surface area contributed by atoms with E-state index >= 15 is 0 Å². The molecule has 0 atom stereocenters. The third kappa shape index (κ3) is 5.46. The van der Waals surface area contributed by atoms with Crippen LogP contribution in [0.25, 0.3) is 6.08 Å². The standard InChI is InChI=1S/C15H21NO3/c1-15(2,3)16-14(17)7-6-11-8-12(18-4)10-13(9-11)19-5/h6-10H,1-5H3,(H,16,17)/b7-6+. The second-order valence-corrected chi connectivity index (χ2v) is 5.22. The van der Waals surface area contributed by atoms with E-state index in [2.05, 4.69) is 5.32 Å². The lowest BCUT2D eigenvalue weighted by atomic mass is 10.1. The van der Waals surface area contributed by atoms with Crippen molar-refractivity contribution >= 4 is 12.0 Å². The van der Waals surface area contributed by atoms with E-state index in [0.29, 0.717) is 11.5 Å². The summed E-state index contributed by atoms with van der Waals surface area (Å²) in [6.07, 6.45) is 3.23. The van der Waals surface area contributed by atoms with E-state index in [-0.39, 0.29) is 11.4 Å². The Morgan fingerprint density at radius 2 is 1.63 bits per heavy atom. The van der Waals surface area contributed by atoms with Gasteiger partial charge in [-0.3, -0.25) is 4.79 Å². The zero-order valence-electron chi connectivity index (χ0n) is 12.1. The molecule has 0 bridgehead atoms. The SMILES string of the molecule is COc1cc(/C=C/C(=O)NC(C)(C)C)cc(OC)c1. The lowest BCUT2D eigenvalue weighted by molar-refractivity contribution is -0.117. The van der Waals surface area contributed by atoms with Gasteiger partial charge in [-0.1, -0.05) is 0 Å². The number of carbonyl (C=O) groups excluding carboxylic acids is 1. The zero-order chi connectivity index (χ0) is 14.5. The first-order chi connectivity index (χ1) is 8.84. The number of hydrogen-bond acceptors (Lipinski definition) is 3. The number of nitrogens with one attached hydrogen (secondary N) is 1. The number of benzene rings is 1. The van der Waals surface area contributed by atoms with Gasteiger partial charge in [0.2, 0.25) is 5.91 Å². The number of rotatable bonds is 4. The van der Waals surface area contributed by atoms with Crippen molar-refractivity contribution in [3.63, 3.8) is 0 Å². The fraction of sp³-hybridized carbons (Fsp3) is 0.400. The smallest absolute Gasteiger partial charge is 0.244 e. The summed E-state index contributed by atoms with van der Waals surface area (Å²) >= 11 is 0. The maximum Gasteiger partial charge on any atom is 0.244 e. The zero-order valence-corrected chi connectivity index (χ0v) is 12.1. The van der Waals surface area contributed by atoms with Crippen molar-refractivity contribution in [1.29, 1.82) is 0 Å². The van der Waals surface area contributed by atoms with Gasteiger partial charge in [0, 0.05) is 17.7 Å². The third-order valence-corrected chi connectivity index (χ3v) is 2.30. The molecule has 4 nitrogen and oxygen atoms in total. The quantitative estimate of drug-likeness (QED) is 0.849. The highest BCUT2D eigenvalue weighted by atomic mass is 16.5. The molecule has 0 spiro atoms. The van der Waals surface area contributed by atoms with Crippen LogP contribution < -0.4 is 14.8 Å².